The molecule has 0 bridgehead atoms. The van der Waals surface area contributed by atoms with Gasteiger partial charge in [0.25, 0.3) is 0 Å². The lowest BCUT2D eigenvalue weighted by Crippen LogP contribution is -2.23. The molecule has 1 atom stereocenters. The van der Waals surface area contributed by atoms with Crippen LogP contribution in [-0.2, 0) is 0 Å². The molecule has 0 saturated heterocycles. The lowest BCUT2D eigenvalue weighted by Gasteiger charge is -2.22. The quantitative estimate of drug-likeness (QED) is 0.832. The summed E-state index contributed by atoms with van der Waals surface area (Å²) in [6.07, 6.45) is 1.10. The second-order valence-electron chi connectivity index (χ2n) is 5.16. The second kappa shape index (κ2) is 7.48. The molecule has 0 saturated carbocycles. The molecule has 0 heterocycles. The summed E-state index contributed by atoms with van der Waals surface area (Å²) in [6, 6.07) is 14.5. The van der Waals surface area contributed by atoms with Crippen LogP contribution in [0.4, 0.5) is 0 Å². The first-order chi connectivity index (χ1) is 10.2. The minimum absolute atomic E-state index is 0.174. The van der Waals surface area contributed by atoms with Crippen molar-refractivity contribution in [2.45, 2.75) is 26.3 Å². The third-order valence-corrected chi connectivity index (χ3v) is 3.83. The van der Waals surface area contributed by atoms with Gasteiger partial charge < -0.3 is 10.1 Å². The smallest absolute Gasteiger partial charge is 0.118 e. The van der Waals surface area contributed by atoms with Gasteiger partial charge in [0, 0.05) is 5.02 Å². The van der Waals surface area contributed by atoms with Crippen molar-refractivity contribution in [3.05, 3.63) is 64.2 Å². The molecule has 0 radical (unpaired) electrons. The third-order valence-electron chi connectivity index (χ3n) is 3.59. The molecule has 0 aliphatic carbocycles. The standard InChI is InChI=1S/C18H22ClNO/c1-4-11-20-18(14-5-8-16(21-3)9-6-14)17-10-7-15(19)12-13(17)2/h5-10,12,18,20H,4,11H2,1-3H3. The molecule has 2 rings (SSSR count). The second-order valence-corrected chi connectivity index (χ2v) is 5.60. The number of benzene rings is 2. The van der Waals surface area contributed by atoms with E-state index in [2.05, 4.69) is 37.4 Å². The molecular formula is C18H22ClNO. The maximum absolute atomic E-state index is 6.07. The van der Waals surface area contributed by atoms with E-state index in [4.69, 9.17) is 16.3 Å². The monoisotopic (exact) mass is 303 g/mol. The van der Waals surface area contributed by atoms with Crippen molar-refractivity contribution in [3.8, 4) is 5.75 Å². The van der Waals surface area contributed by atoms with Gasteiger partial charge in [0.1, 0.15) is 5.75 Å². The molecule has 0 amide bonds. The summed E-state index contributed by atoms with van der Waals surface area (Å²) in [7, 11) is 1.69. The highest BCUT2D eigenvalue weighted by molar-refractivity contribution is 6.30. The normalized spacial score (nSPS) is 12.2. The Kier molecular flexibility index (Phi) is 5.66. The molecule has 1 N–H and O–H groups in total. The fourth-order valence-electron chi connectivity index (χ4n) is 2.46. The summed E-state index contributed by atoms with van der Waals surface area (Å²) in [5.74, 6) is 0.876. The number of aryl methyl sites for hydroxylation is 1. The average molecular weight is 304 g/mol. The SMILES string of the molecule is CCCNC(c1ccc(OC)cc1)c1ccc(Cl)cc1C. The zero-order valence-corrected chi connectivity index (χ0v) is 13.6. The molecule has 2 aromatic carbocycles. The van der Waals surface area contributed by atoms with E-state index in [1.807, 2.05) is 24.3 Å². The van der Waals surface area contributed by atoms with E-state index in [0.29, 0.717) is 0 Å². The molecule has 3 heteroatoms. The number of ether oxygens (including phenoxy) is 1. The molecule has 21 heavy (non-hydrogen) atoms. The molecule has 112 valence electrons. The Labute approximate surface area is 132 Å². The van der Waals surface area contributed by atoms with Crippen LogP contribution in [0, 0.1) is 6.92 Å². The van der Waals surface area contributed by atoms with Gasteiger partial charge in [-0.1, -0.05) is 36.7 Å². The van der Waals surface area contributed by atoms with Crippen LogP contribution < -0.4 is 10.1 Å². The molecule has 0 fully saturated rings. The summed E-state index contributed by atoms with van der Waals surface area (Å²) in [4.78, 5) is 0. The Bertz CT molecular complexity index is 580. The minimum atomic E-state index is 0.174. The fraction of sp³-hybridized carbons (Fsp3) is 0.333. The molecule has 0 aliphatic rings. The summed E-state index contributed by atoms with van der Waals surface area (Å²) >= 11 is 6.07. The zero-order chi connectivity index (χ0) is 15.2. The summed E-state index contributed by atoms with van der Waals surface area (Å²) in [5.41, 5.74) is 3.69. The summed E-state index contributed by atoms with van der Waals surface area (Å²) in [6.45, 7) is 5.25. The molecule has 2 aromatic rings. The maximum atomic E-state index is 6.07. The van der Waals surface area contributed by atoms with Gasteiger partial charge in [-0.3, -0.25) is 0 Å². The number of hydrogen-bond donors (Lipinski definition) is 1. The van der Waals surface area contributed by atoms with Crippen molar-refractivity contribution in [2.75, 3.05) is 13.7 Å². The summed E-state index contributed by atoms with van der Waals surface area (Å²) in [5, 5.41) is 4.39. The third kappa shape index (κ3) is 3.99. The first-order valence-corrected chi connectivity index (χ1v) is 7.67. The first kappa shape index (κ1) is 15.9. The van der Waals surface area contributed by atoms with Gasteiger partial charge in [0.2, 0.25) is 0 Å². The molecular weight excluding hydrogens is 282 g/mol. The predicted octanol–water partition coefficient (Wildman–Crippen LogP) is 4.75. The topological polar surface area (TPSA) is 21.3 Å². The Morgan fingerprint density at radius 2 is 1.86 bits per heavy atom. The lowest BCUT2D eigenvalue weighted by molar-refractivity contribution is 0.414. The van der Waals surface area contributed by atoms with Crippen molar-refractivity contribution in [1.82, 2.24) is 5.32 Å². The van der Waals surface area contributed by atoms with E-state index in [9.17, 15) is 0 Å². The van der Waals surface area contributed by atoms with Crippen LogP contribution in [0.3, 0.4) is 0 Å². The van der Waals surface area contributed by atoms with Crippen LogP contribution in [0.5, 0.6) is 5.75 Å². The highest BCUT2D eigenvalue weighted by atomic mass is 35.5. The van der Waals surface area contributed by atoms with Crippen molar-refractivity contribution in [2.24, 2.45) is 0 Å². The Hall–Kier alpha value is -1.51. The van der Waals surface area contributed by atoms with Crippen LogP contribution in [-0.4, -0.2) is 13.7 Å². The van der Waals surface area contributed by atoms with Crippen molar-refractivity contribution >= 4 is 11.6 Å². The van der Waals surface area contributed by atoms with E-state index < -0.39 is 0 Å². The Balaban J connectivity index is 2.36. The van der Waals surface area contributed by atoms with Crippen LogP contribution >= 0.6 is 11.6 Å². The van der Waals surface area contributed by atoms with Crippen molar-refractivity contribution in [3.63, 3.8) is 0 Å². The summed E-state index contributed by atoms with van der Waals surface area (Å²) < 4.78 is 5.24. The van der Waals surface area contributed by atoms with Crippen LogP contribution in [0.2, 0.25) is 5.02 Å². The van der Waals surface area contributed by atoms with Gasteiger partial charge >= 0.3 is 0 Å². The van der Waals surface area contributed by atoms with Gasteiger partial charge in [0.05, 0.1) is 13.2 Å². The minimum Gasteiger partial charge on any atom is -0.497 e. The highest BCUT2D eigenvalue weighted by Gasteiger charge is 2.15. The van der Waals surface area contributed by atoms with Gasteiger partial charge in [-0.2, -0.15) is 0 Å². The van der Waals surface area contributed by atoms with Gasteiger partial charge in [0.15, 0.2) is 0 Å². The predicted molar refractivity (Wildman–Crippen MR) is 89.3 cm³/mol. The lowest BCUT2D eigenvalue weighted by atomic mass is 9.95. The first-order valence-electron chi connectivity index (χ1n) is 7.29. The average Bonchev–Trinajstić information content (AvgIpc) is 2.50. The molecule has 0 aromatic heterocycles. The van der Waals surface area contributed by atoms with E-state index in [0.717, 1.165) is 23.7 Å². The van der Waals surface area contributed by atoms with Crippen molar-refractivity contribution in [1.29, 1.82) is 0 Å². The zero-order valence-electron chi connectivity index (χ0n) is 12.8. The highest BCUT2D eigenvalue weighted by Crippen LogP contribution is 2.28. The van der Waals surface area contributed by atoms with E-state index in [-0.39, 0.29) is 6.04 Å². The molecule has 2 nitrogen and oxygen atoms in total. The van der Waals surface area contributed by atoms with E-state index in [1.54, 1.807) is 7.11 Å². The van der Waals surface area contributed by atoms with Crippen LogP contribution in [0.25, 0.3) is 0 Å². The molecule has 0 aliphatic heterocycles. The number of hydrogen-bond acceptors (Lipinski definition) is 2. The van der Waals surface area contributed by atoms with Gasteiger partial charge in [-0.15, -0.1) is 0 Å². The van der Waals surface area contributed by atoms with Crippen LogP contribution in [0.1, 0.15) is 36.1 Å². The van der Waals surface area contributed by atoms with Crippen molar-refractivity contribution < 1.29 is 4.74 Å². The van der Waals surface area contributed by atoms with Gasteiger partial charge in [-0.05, 0) is 60.8 Å². The maximum Gasteiger partial charge on any atom is 0.118 e. The molecule has 1 unspecified atom stereocenters. The van der Waals surface area contributed by atoms with Crippen LogP contribution in [0.15, 0.2) is 42.5 Å². The number of halogens is 1. The molecule has 0 spiro atoms. The number of rotatable bonds is 6. The largest absolute Gasteiger partial charge is 0.497 e. The number of nitrogens with one attached hydrogen (secondary N) is 1. The Morgan fingerprint density at radius 3 is 2.43 bits per heavy atom. The number of methoxy groups -OCH3 is 1. The van der Waals surface area contributed by atoms with E-state index in [1.165, 1.54) is 16.7 Å². The fourth-order valence-corrected chi connectivity index (χ4v) is 2.68. The van der Waals surface area contributed by atoms with Gasteiger partial charge in [-0.25, -0.2) is 0 Å². The van der Waals surface area contributed by atoms with E-state index >= 15 is 0 Å². The Morgan fingerprint density at radius 1 is 1.14 bits per heavy atom.